The van der Waals surface area contributed by atoms with E-state index in [4.69, 9.17) is 11.6 Å². The van der Waals surface area contributed by atoms with Crippen LogP contribution in [-0.4, -0.2) is 50.1 Å². The van der Waals surface area contributed by atoms with E-state index in [0.717, 1.165) is 17.1 Å². The van der Waals surface area contributed by atoms with Crippen molar-refractivity contribution in [2.45, 2.75) is 32.9 Å². The fourth-order valence-corrected chi connectivity index (χ4v) is 3.70. The van der Waals surface area contributed by atoms with Gasteiger partial charge in [-0.2, -0.15) is 4.98 Å². The summed E-state index contributed by atoms with van der Waals surface area (Å²) < 4.78 is 1.94. The van der Waals surface area contributed by atoms with Crippen LogP contribution in [0.2, 0.25) is 5.02 Å². The van der Waals surface area contributed by atoms with Crippen LogP contribution in [0, 0.1) is 6.92 Å². The van der Waals surface area contributed by atoms with Gasteiger partial charge in [-0.05, 0) is 45.0 Å². The molecule has 9 heteroatoms. The molecule has 30 heavy (non-hydrogen) atoms. The molecule has 8 nitrogen and oxygen atoms in total. The molecule has 1 fully saturated rings. The Morgan fingerprint density at radius 1 is 1.23 bits per heavy atom. The minimum absolute atomic E-state index is 0.0529. The predicted molar refractivity (Wildman–Crippen MR) is 117 cm³/mol. The number of carbonyl (C=O) groups excluding carboxylic acids is 1. The molecule has 3 aromatic rings. The smallest absolute Gasteiger partial charge is 0.325 e. The van der Waals surface area contributed by atoms with Gasteiger partial charge in [0, 0.05) is 42.3 Å². The lowest BCUT2D eigenvalue weighted by atomic mass is 10.2. The second-order valence-corrected chi connectivity index (χ2v) is 8.06. The lowest BCUT2D eigenvalue weighted by molar-refractivity contribution is 0.229. The molecular formula is C21H24ClN7O. The number of likely N-dealkylation sites (N-methyl/N-ethyl adjacent to an activating group) is 1. The van der Waals surface area contributed by atoms with Gasteiger partial charge in [0.05, 0.1) is 24.1 Å². The van der Waals surface area contributed by atoms with Crippen molar-refractivity contribution in [3.8, 4) is 5.69 Å². The Bertz CT molecular complexity index is 1070. The number of halogens is 1. The van der Waals surface area contributed by atoms with E-state index >= 15 is 0 Å². The maximum Gasteiger partial charge on any atom is 0.325 e. The van der Waals surface area contributed by atoms with Gasteiger partial charge in [-0.1, -0.05) is 11.6 Å². The number of aromatic nitrogens is 4. The minimum Gasteiger partial charge on any atom is -0.346 e. The van der Waals surface area contributed by atoms with Crippen molar-refractivity contribution in [3.63, 3.8) is 0 Å². The number of carbonyl (C=O) groups is 1. The van der Waals surface area contributed by atoms with Crippen LogP contribution in [0.15, 0.2) is 42.9 Å². The topological polar surface area (TPSA) is 79.2 Å². The zero-order valence-electron chi connectivity index (χ0n) is 17.4. The summed E-state index contributed by atoms with van der Waals surface area (Å²) in [6.07, 6.45) is 3.72. The number of nitrogens with zero attached hydrogens (tertiary/aromatic N) is 6. The van der Waals surface area contributed by atoms with E-state index in [1.807, 2.05) is 61.9 Å². The first-order valence-corrected chi connectivity index (χ1v) is 10.2. The van der Waals surface area contributed by atoms with Crippen LogP contribution in [0.1, 0.15) is 31.3 Å². The first-order valence-electron chi connectivity index (χ1n) is 9.78. The number of hydrogen-bond donors (Lipinski definition) is 1. The number of benzene rings is 1. The van der Waals surface area contributed by atoms with Crippen LogP contribution in [0.5, 0.6) is 0 Å². The summed E-state index contributed by atoms with van der Waals surface area (Å²) in [7, 11) is 1.80. The number of anilines is 2. The SMILES string of the molecule is Cc1cc(N2C(=O)N(C)C[C@@H]2C)nc(N[C@@H](C)c2cn(-c3ccc(Cl)cc3)cn2)n1. The predicted octanol–water partition coefficient (Wildman–Crippen LogP) is 4.06. The lowest BCUT2D eigenvalue weighted by Gasteiger charge is -2.21. The molecule has 0 aliphatic carbocycles. The standard InChI is InChI=1S/C21H24ClN7O/c1-13-9-19(29-14(2)10-27(4)21(29)30)26-20(24-13)25-15(3)18-11-28(12-23-18)17-7-5-16(22)6-8-17/h5-9,11-12,14-15H,10H2,1-4H3,(H,24,25,26)/t14-,15-/m0/s1. The molecule has 1 aliphatic rings. The monoisotopic (exact) mass is 425 g/mol. The van der Waals surface area contributed by atoms with Crippen LogP contribution in [0.4, 0.5) is 16.6 Å². The van der Waals surface area contributed by atoms with E-state index in [1.54, 1.807) is 23.2 Å². The normalized spacial score (nSPS) is 17.5. The van der Waals surface area contributed by atoms with Crippen molar-refractivity contribution in [2.75, 3.05) is 23.8 Å². The van der Waals surface area contributed by atoms with Gasteiger partial charge >= 0.3 is 6.03 Å². The van der Waals surface area contributed by atoms with Gasteiger partial charge in [0.25, 0.3) is 0 Å². The van der Waals surface area contributed by atoms with E-state index in [9.17, 15) is 4.79 Å². The highest BCUT2D eigenvalue weighted by molar-refractivity contribution is 6.30. The first-order chi connectivity index (χ1) is 14.3. The summed E-state index contributed by atoms with van der Waals surface area (Å²) in [6, 6.07) is 9.27. The van der Waals surface area contributed by atoms with Crippen LogP contribution in [0.3, 0.4) is 0 Å². The zero-order chi connectivity index (χ0) is 21.4. The van der Waals surface area contributed by atoms with Crippen molar-refractivity contribution in [3.05, 3.63) is 59.3 Å². The summed E-state index contributed by atoms with van der Waals surface area (Å²) in [6.45, 7) is 6.57. The molecular weight excluding hydrogens is 402 g/mol. The van der Waals surface area contributed by atoms with Gasteiger partial charge in [-0.15, -0.1) is 0 Å². The van der Waals surface area contributed by atoms with Gasteiger partial charge < -0.3 is 14.8 Å². The largest absolute Gasteiger partial charge is 0.346 e. The van der Waals surface area contributed by atoms with Gasteiger partial charge in [-0.25, -0.2) is 14.8 Å². The Hall–Kier alpha value is -3.13. The Kier molecular flexibility index (Phi) is 5.34. The molecule has 156 valence electrons. The van der Waals surface area contributed by atoms with E-state index in [0.29, 0.717) is 23.3 Å². The number of amides is 2. The summed E-state index contributed by atoms with van der Waals surface area (Å²) >= 11 is 5.97. The Labute approximate surface area is 180 Å². The second-order valence-electron chi connectivity index (χ2n) is 7.62. The van der Waals surface area contributed by atoms with Gasteiger partial charge in [0.15, 0.2) is 0 Å². The summed E-state index contributed by atoms with van der Waals surface area (Å²) in [5.41, 5.74) is 2.61. The van der Waals surface area contributed by atoms with Crippen LogP contribution < -0.4 is 10.2 Å². The maximum atomic E-state index is 12.5. The molecule has 0 radical (unpaired) electrons. The molecule has 1 aliphatic heterocycles. The zero-order valence-corrected chi connectivity index (χ0v) is 18.1. The fraction of sp³-hybridized carbons (Fsp3) is 0.333. The average Bonchev–Trinajstić information content (AvgIpc) is 3.27. The molecule has 0 saturated carbocycles. The number of hydrogen-bond acceptors (Lipinski definition) is 5. The van der Waals surface area contributed by atoms with Crippen LogP contribution in [-0.2, 0) is 0 Å². The molecule has 2 aromatic heterocycles. The highest BCUT2D eigenvalue weighted by atomic mass is 35.5. The first kappa shape index (κ1) is 20.2. The van der Waals surface area contributed by atoms with Gasteiger partial charge in [-0.3, -0.25) is 4.90 Å². The van der Waals surface area contributed by atoms with Gasteiger partial charge in [0.1, 0.15) is 5.82 Å². The minimum atomic E-state index is -0.123. The van der Waals surface area contributed by atoms with E-state index in [1.165, 1.54) is 0 Å². The van der Waals surface area contributed by atoms with E-state index in [-0.39, 0.29) is 18.1 Å². The average molecular weight is 426 g/mol. The highest BCUT2D eigenvalue weighted by Gasteiger charge is 2.34. The van der Waals surface area contributed by atoms with E-state index < -0.39 is 0 Å². The summed E-state index contributed by atoms with van der Waals surface area (Å²) in [5, 5.41) is 4.00. The van der Waals surface area contributed by atoms with Crippen LogP contribution >= 0.6 is 11.6 Å². The third-order valence-electron chi connectivity index (χ3n) is 5.12. The number of imidazole rings is 1. The number of nitrogens with one attached hydrogen (secondary N) is 1. The molecule has 1 saturated heterocycles. The Morgan fingerprint density at radius 2 is 1.97 bits per heavy atom. The molecule has 1 N–H and O–H groups in total. The fourth-order valence-electron chi connectivity index (χ4n) is 3.58. The number of rotatable bonds is 5. The quantitative estimate of drug-likeness (QED) is 0.666. The van der Waals surface area contributed by atoms with Crippen molar-refractivity contribution in [1.29, 1.82) is 0 Å². The molecule has 0 bridgehead atoms. The second kappa shape index (κ2) is 7.95. The molecule has 4 rings (SSSR count). The van der Waals surface area contributed by atoms with Crippen molar-refractivity contribution < 1.29 is 4.79 Å². The molecule has 0 unspecified atom stereocenters. The number of urea groups is 1. The summed E-state index contributed by atoms with van der Waals surface area (Å²) in [4.78, 5) is 29.5. The molecule has 0 spiro atoms. The Morgan fingerprint density at radius 3 is 2.63 bits per heavy atom. The molecule has 3 heterocycles. The lowest BCUT2D eigenvalue weighted by Crippen LogP contribution is -2.33. The van der Waals surface area contributed by atoms with Crippen molar-refractivity contribution in [2.24, 2.45) is 0 Å². The molecule has 1 aromatic carbocycles. The van der Waals surface area contributed by atoms with Gasteiger partial charge in [0.2, 0.25) is 5.95 Å². The maximum absolute atomic E-state index is 12.5. The third-order valence-corrected chi connectivity index (χ3v) is 5.37. The third kappa shape index (κ3) is 3.95. The number of aryl methyl sites for hydroxylation is 1. The van der Waals surface area contributed by atoms with Crippen molar-refractivity contribution in [1.82, 2.24) is 24.4 Å². The van der Waals surface area contributed by atoms with Crippen LogP contribution in [0.25, 0.3) is 5.69 Å². The van der Waals surface area contributed by atoms with Crippen molar-refractivity contribution >= 4 is 29.4 Å². The highest BCUT2D eigenvalue weighted by Crippen LogP contribution is 2.25. The molecule has 2 atom stereocenters. The molecule has 2 amide bonds. The summed E-state index contributed by atoms with van der Waals surface area (Å²) in [5.74, 6) is 1.07. The van der Waals surface area contributed by atoms with E-state index in [2.05, 4.69) is 20.3 Å². The Balaban J connectivity index is 1.54.